The van der Waals surface area contributed by atoms with Crippen molar-refractivity contribution >= 4 is 38.6 Å². The number of ether oxygens (including phenoxy) is 1. The van der Waals surface area contributed by atoms with Crippen LogP contribution >= 0.6 is 22.9 Å². The third-order valence-electron chi connectivity index (χ3n) is 3.56. The largest absolute Gasteiger partial charge is 0.495 e. The molecule has 0 aliphatic rings. The van der Waals surface area contributed by atoms with Crippen molar-refractivity contribution in [2.24, 2.45) is 0 Å². The molecule has 1 N–H and O–H groups in total. The first kappa shape index (κ1) is 17.8. The summed E-state index contributed by atoms with van der Waals surface area (Å²) in [5.74, 6) is 0.879. The Morgan fingerprint density at radius 3 is 2.60 bits per heavy atom. The highest BCUT2D eigenvalue weighted by atomic mass is 35.5. The maximum atomic E-state index is 13.0. The van der Waals surface area contributed by atoms with Gasteiger partial charge in [0.15, 0.2) is 5.76 Å². The van der Waals surface area contributed by atoms with Crippen molar-refractivity contribution in [3.63, 3.8) is 0 Å². The normalized spacial score (nSPS) is 11.5. The number of hydrogen-bond acceptors (Lipinski definition) is 6. The molecule has 0 saturated carbocycles. The number of hydrogen-bond donors (Lipinski definition) is 1. The fraction of sp³-hybridized carbons (Fsp3) is 0.188. The van der Waals surface area contributed by atoms with E-state index in [0.717, 1.165) is 4.88 Å². The lowest BCUT2D eigenvalue weighted by atomic mass is 10.2. The fourth-order valence-corrected chi connectivity index (χ4v) is 5.73. The molecule has 0 spiro atoms. The van der Waals surface area contributed by atoms with Gasteiger partial charge in [0.1, 0.15) is 10.6 Å². The van der Waals surface area contributed by atoms with E-state index in [1.165, 1.54) is 30.7 Å². The number of thiophene rings is 1. The first-order chi connectivity index (χ1) is 11.8. The predicted octanol–water partition coefficient (Wildman–Crippen LogP) is 4.48. The van der Waals surface area contributed by atoms with E-state index in [-0.39, 0.29) is 4.90 Å². The van der Waals surface area contributed by atoms with Gasteiger partial charge < -0.3 is 9.26 Å². The van der Waals surface area contributed by atoms with Crippen LogP contribution in [0.5, 0.6) is 5.75 Å². The molecular weight excluding hydrogens is 384 g/mol. The van der Waals surface area contributed by atoms with Crippen LogP contribution in [0, 0.1) is 13.8 Å². The summed E-state index contributed by atoms with van der Waals surface area (Å²) >= 11 is 7.46. The van der Waals surface area contributed by atoms with Crippen molar-refractivity contribution in [1.29, 1.82) is 0 Å². The lowest BCUT2D eigenvalue weighted by molar-refractivity contribution is 0.415. The van der Waals surface area contributed by atoms with Gasteiger partial charge in [0.05, 0.1) is 29.6 Å². The molecule has 0 amide bonds. The smallest absolute Gasteiger partial charge is 0.263 e. The summed E-state index contributed by atoms with van der Waals surface area (Å²) in [6.45, 7) is 3.60. The Kier molecular flexibility index (Phi) is 4.77. The summed E-state index contributed by atoms with van der Waals surface area (Å²) in [5, 5.41) is 3.99. The topological polar surface area (TPSA) is 81.4 Å². The van der Waals surface area contributed by atoms with Gasteiger partial charge in [-0.3, -0.25) is 4.72 Å². The van der Waals surface area contributed by atoms with Crippen molar-refractivity contribution in [2.45, 2.75) is 18.7 Å². The molecule has 6 nitrogen and oxygen atoms in total. The number of aromatic nitrogens is 1. The molecule has 2 heterocycles. The summed E-state index contributed by atoms with van der Waals surface area (Å²) in [6.07, 6.45) is 1.48. The quantitative estimate of drug-likeness (QED) is 0.685. The van der Waals surface area contributed by atoms with Crippen LogP contribution < -0.4 is 9.46 Å². The van der Waals surface area contributed by atoms with Gasteiger partial charge in [-0.05, 0) is 32.0 Å². The van der Waals surface area contributed by atoms with Crippen molar-refractivity contribution in [3.05, 3.63) is 45.2 Å². The van der Waals surface area contributed by atoms with E-state index in [1.807, 2.05) is 6.92 Å². The molecule has 132 valence electrons. The molecule has 0 aliphatic carbocycles. The van der Waals surface area contributed by atoms with Crippen LogP contribution in [-0.4, -0.2) is 20.7 Å². The molecule has 1 aromatic carbocycles. The number of benzene rings is 1. The minimum atomic E-state index is -3.84. The zero-order valence-corrected chi connectivity index (χ0v) is 16.1. The van der Waals surface area contributed by atoms with Crippen LogP contribution in [0.1, 0.15) is 9.75 Å². The average Bonchev–Trinajstić information content (AvgIpc) is 3.14. The van der Waals surface area contributed by atoms with Gasteiger partial charge in [-0.15, -0.1) is 11.3 Å². The number of aryl methyl sites for hydroxylation is 2. The van der Waals surface area contributed by atoms with Crippen LogP contribution in [0.25, 0.3) is 11.3 Å². The van der Waals surface area contributed by atoms with Crippen LogP contribution in [-0.2, 0) is 10.0 Å². The molecule has 0 aliphatic heterocycles. The first-order valence-corrected chi connectivity index (χ1v) is 9.88. The fourth-order valence-electron chi connectivity index (χ4n) is 2.55. The second-order valence-electron chi connectivity index (χ2n) is 5.25. The summed E-state index contributed by atoms with van der Waals surface area (Å²) in [5.41, 5.74) is 0.865. The summed E-state index contributed by atoms with van der Waals surface area (Å²) in [6, 6.07) is 6.33. The highest BCUT2D eigenvalue weighted by molar-refractivity contribution is 7.93. The molecule has 3 rings (SSSR count). The highest BCUT2D eigenvalue weighted by Gasteiger charge is 2.28. The van der Waals surface area contributed by atoms with Crippen LogP contribution in [0.15, 0.2) is 39.9 Å². The zero-order valence-electron chi connectivity index (χ0n) is 13.7. The molecule has 0 saturated heterocycles. The second-order valence-corrected chi connectivity index (χ2v) is 8.71. The molecule has 25 heavy (non-hydrogen) atoms. The number of halogens is 1. The minimum absolute atomic E-state index is 0.179. The van der Waals surface area contributed by atoms with Crippen LogP contribution in [0.4, 0.5) is 5.69 Å². The third kappa shape index (κ3) is 3.37. The zero-order chi connectivity index (χ0) is 18.2. The standard InChI is InChI=1S/C16H15ClN2O4S2/c1-9-15(14-6-7-18-23-14)16(10(2)24-9)25(20,21)19-11-4-5-13(22-3)12(17)8-11/h4-8,19H,1-3H3. The second kappa shape index (κ2) is 6.70. The summed E-state index contributed by atoms with van der Waals surface area (Å²) < 4.78 is 38.8. The third-order valence-corrected chi connectivity index (χ3v) is 6.56. The molecule has 0 atom stereocenters. The van der Waals surface area contributed by atoms with Gasteiger partial charge in [-0.1, -0.05) is 16.8 Å². The molecule has 2 aromatic heterocycles. The number of rotatable bonds is 5. The van der Waals surface area contributed by atoms with Crippen molar-refractivity contribution in [3.8, 4) is 17.1 Å². The Morgan fingerprint density at radius 1 is 1.24 bits per heavy atom. The summed E-state index contributed by atoms with van der Waals surface area (Å²) in [4.78, 5) is 1.68. The number of nitrogens with one attached hydrogen (secondary N) is 1. The molecule has 0 bridgehead atoms. The molecule has 0 fully saturated rings. The number of sulfonamides is 1. The molecular formula is C16H15ClN2O4S2. The van der Waals surface area contributed by atoms with E-state index >= 15 is 0 Å². The SMILES string of the molecule is COc1ccc(NS(=O)(=O)c2c(C)sc(C)c2-c2ccno2)cc1Cl. The molecule has 3 aromatic rings. The number of methoxy groups -OCH3 is 1. The van der Waals surface area contributed by atoms with Crippen molar-refractivity contribution in [1.82, 2.24) is 5.16 Å². The molecule has 0 radical (unpaired) electrons. The van der Waals surface area contributed by atoms with Gasteiger partial charge in [0, 0.05) is 15.8 Å². The Balaban J connectivity index is 2.05. The van der Waals surface area contributed by atoms with Gasteiger partial charge in [0.25, 0.3) is 10.0 Å². The maximum absolute atomic E-state index is 13.0. The maximum Gasteiger partial charge on any atom is 0.263 e. The van der Waals surface area contributed by atoms with Crippen LogP contribution in [0.3, 0.4) is 0 Å². The van der Waals surface area contributed by atoms with Gasteiger partial charge >= 0.3 is 0 Å². The van der Waals surface area contributed by atoms with Crippen molar-refractivity contribution < 1.29 is 17.7 Å². The van der Waals surface area contributed by atoms with Crippen LogP contribution in [0.2, 0.25) is 5.02 Å². The number of nitrogens with zero attached hydrogens (tertiary/aromatic N) is 1. The van der Waals surface area contributed by atoms with Gasteiger partial charge in [-0.2, -0.15) is 0 Å². The Labute approximate surface area is 154 Å². The van der Waals surface area contributed by atoms with E-state index in [9.17, 15) is 8.42 Å². The highest BCUT2D eigenvalue weighted by Crippen LogP contribution is 2.39. The Morgan fingerprint density at radius 2 is 2.00 bits per heavy atom. The van der Waals surface area contributed by atoms with E-state index in [4.69, 9.17) is 20.9 Å². The van der Waals surface area contributed by atoms with E-state index < -0.39 is 10.0 Å². The van der Waals surface area contributed by atoms with Gasteiger partial charge in [-0.25, -0.2) is 8.42 Å². The monoisotopic (exact) mass is 398 g/mol. The van der Waals surface area contributed by atoms with E-state index in [2.05, 4.69) is 9.88 Å². The van der Waals surface area contributed by atoms with E-state index in [0.29, 0.717) is 32.7 Å². The molecule has 9 heteroatoms. The molecule has 0 unspecified atom stereocenters. The first-order valence-electron chi connectivity index (χ1n) is 7.21. The lowest BCUT2D eigenvalue weighted by Gasteiger charge is -2.11. The van der Waals surface area contributed by atoms with Crippen molar-refractivity contribution in [2.75, 3.05) is 11.8 Å². The Bertz CT molecular complexity index is 1010. The Hall–Kier alpha value is -2.03. The lowest BCUT2D eigenvalue weighted by Crippen LogP contribution is -2.14. The number of anilines is 1. The predicted molar refractivity (Wildman–Crippen MR) is 98.1 cm³/mol. The average molecular weight is 399 g/mol. The van der Waals surface area contributed by atoms with E-state index in [1.54, 1.807) is 25.1 Å². The summed E-state index contributed by atoms with van der Waals surface area (Å²) in [7, 11) is -2.35. The minimum Gasteiger partial charge on any atom is -0.495 e. The van der Waals surface area contributed by atoms with Gasteiger partial charge in [0.2, 0.25) is 0 Å².